The van der Waals surface area contributed by atoms with E-state index in [1.165, 1.54) is 11.3 Å². The summed E-state index contributed by atoms with van der Waals surface area (Å²) in [6.45, 7) is 4.12. The Labute approximate surface area is 112 Å². The number of carbonyl (C=O) groups excluding carboxylic acids is 1. The van der Waals surface area contributed by atoms with Crippen LogP contribution in [0.25, 0.3) is 0 Å². The second kappa shape index (κ2) is 6.70. The molecule has 1 aromatic rings. The average Bonchev–Trinajstić information content (AvgIpc) is 2.69. The first-order chi connectivity index (χ1) is 8.45. The lowest BCUT2D eigenvalue weighted by Crippen LogP contribution is -2.31. The van der Waals surface area contributed by atoms with Gasteiger partial charge in [0.2, 0.25) is 0 Å². The van der Waals surface area contributed by atoms with Gasteiger partial charge in [0.25, 0.3) is 5.91 Å². The van der Waals surface area contributed by atoms with Gasteiger partial charge in [-0.1, -0.05) is 24.7 Å². The highest BCUT2D eigenvalue weighted by Gasteiger charge is 2.16. The van der Waals surface area contributed by atoms with Crippen LogP contribution in [-0.4, -0.2) is 42.7 Å². The second-order valence-corrected chi connectivity index (χ2v) is 5.44. The Balaban J connectivity index is 2.61. The topological polar surface area (TPSA) is 65.5 Å². The zero-order valence-electron chi connectivity index (χ0n) is 11.4. The Kier molecular flexibility index (Phi) is 5.55. The molecule has 2 N–H and O–H groups in total. The molecule has 1 amide bonds. The number of amides is 1. The van der Waals surface area contributed by atoms with Gasteiger partial charge in [-0.3, -0.25) is 4.79 Å². The van der Waals surface area contributed by atoms with Crippen molar-refractivity contribution >= 4 is 22.4 Å². The third kappa shape index (κ3) is 3.96. The Bertz CT molecular complexity index is 404. The third-order valence-corrected chi connectivity index (χ3v) is 3.82. The molecule has 1 aromatic heterocycles. The quantitative estimate of drug-likeness (QED) is 0.821. The van der Waals surface area contributed by atoms with Crippen LogP contribution in [0.15, 0.2) is 0 Å². The van der Waals surface area contributed by atoms with Crippen molar-refractivity contribution < 1.29 is 9.90 Å². The summed E-state index contributed by atoms with van der Waals surface area (Å²) < 4.78 is 0. The molecule has 1 heterocycles. The molecule has 0 aliphatic heterocycles. The summed E-state index contributed by atoms with van der Waals surface area (Å²) in [5.74, 6) is -0.159. The highest BCUT2D eigenvalue weighted by atomic mass is 32.1. The highest BCUT2D eigenvalue weighted by molar-refractivity contribution is 7.17. The smallest absolute Gasteiger partial charge is 0.263 e. The van der Waals surface area contributed by atoms with E-state index in [1.807, 2.05) is 32.8 Å². The van der Waals surface area contributed by atoms with Gasteiger partial charge in [-0.25, -0.2) is 4.98 Å². The van der Waals surface area contributed by atoms with Crippen LogP contribution < -0.4 is 10.2 Å². The van der Waals surface area contributed by atoms with E-state index in [1.54, 1.807) is 0 Å². The first kappa shape index (κ1) is 14.9. The van der Waals surface area contributed by atoms with E-state index in [4.69, 9.17) is 0 Å². The lowest BCUT2D eigenvalue weighted by atomic mass is 10.2. The minimum absolute atomic E-state index is 0.159. The number of hydrogen-bond donors (Lipinski definition) is 2. The molecule has 0 aliphatic rings. The van der Waals surface area contributed by atoms with Gasteiger partial charge >= 0.3 is 0 Å². The molecular weight excluding hydrogens is 250 g/mol. The van der Waals surface area contributed by atoms with Crippen LogP contribution in [0, 0.1) is 6.92 Å². The van der Waals surface area contributed by atoms with E-state index in [0.29, 0.717) is 17.8 Å². The molecule has 18 heavy (non-hydrogen) atoms. The maximum Gasteiger partial charge on any atom is 0.263 e. The van der Waals surface area contributed by atoms with Crippen LogP contribution in [-0.2, 0) is 0 Å². The summed E-state index contributed by atoms with van der Waals surface area (Å²) in [6, 6.07) is 0. The molecule has 1 atom stereocenters. The van der Waals surface area contributed by atoms with Gasteiger partial charge in [-0.15, -0.1) is 0 Å². The predicted octanol–water partition coefficient (Wildman–Crippen LogP) is 1.41. The molecular formula is C12H21N3O2S. The van der Waals surface area contributed by atoms with Crippen molar-refractivity contribution in [2.75, 3.05) is 25.5 Å². The van der Waals surface area contributed by atoms with Crippen LogP contribution in [0.1, 0.15) is 35.1 Å². The zero-order valence-corrected chi connectivity index (χ0v) is 12.2. The van der Waals surface area contributed by atoms with Gasteiger partial charge in [0, 0.05) is 20.6 Å². The van der Waals surface area contributed by atoms with Crippen molar-refractivity contribution in [2.45, 2.75) is 32.8 Å². The number of aliphatic hydroxyl groups is 1. The van der Waals surface area contributed by atoms with Crippen molar-refractivity contribution in [1.29, 1.82) is 0 Å². The number of hydrogen-bond acceptors (Lipinski definition) is 5. The van der Waals surface area contributed by atoms with E-state index in [-0.39, 0.29) is 5.91 Å². The van der Waals surface area contributed by atoms with Crippen molar-refractivity contribution in [1.82, 2.24) is 10.3 Å². The standard InChI is InChI=1S/C12H21N3O2S/c1-5-6-9(16)7-13-11(17)10-8(2)14-12(18-10)15(3)4/h9,16H,5-7H2,1-4H3,(H,13,17). The molecule has 0 saturated carbocycles. The summed E-state index contributed by atoms with van der Waals surface area (Å²) in [7, 11) is 3.79. The van der Waals surface area contributed by atoms with Crippen LogP contribution in [0.2, 0.25) is 0 Å². The van der Waals surface area contributed by atoms with E-state index < -0.39 is 6.10 Å². The molecule has 1 unspecified atom stereocenters. The van der Waals surface area contributed by atoms with Gasteiger partial charge in [-0.05, 0) is 13.3 Å². The fourth-order valence-electron chi connectivity index (χ4n) is 1.51. The zero-order chi connectivity index (χ0) is 13.7. The number of carbonyl (C=O) groups is 1. The molecule has 5 nitrogen and oxygen atoms in total. The Hall–Kier alpha value is -1.14. The van der Waals surface area contributed by atoms with Crippen LogP contribution in [0.5, 0.6) is 0 Å². The molecule has 0 fully saturated rings. The van der Waals surface area contributed by atoms with Crippen LogP contribution >= 0.6 is 11.3 Å². The Morgan fingerprint density at radius 1 is 1.56 bits per heavy atom. The predicted molar refractivity (Wildman–Crippen MR) is 74.4 cm³/mol. The summed E-state index contributed by atoms with van der Waals surface area (Å²) in [5.41, 5.74) is 0.728. The number of aromatic nitrogens is 1. The number of aryl methyl sites for hydroxylation is 1. The minimum Gasteiger partial charge on any atom is -0.391 e. The summed E-state index contributed by atoms with van der Waals surface area (Å²) in [6.07, 6.45) is 1.13. The van der Waals surface area contributed by atoms with E-state index >= 15 is 0 Å². The average molecular weight is 271 g/mol. The van der Waals surface area contributed by atoms with E-state index in [0.717, 1.165) is 17.2 Å². The second-order valence-electron chi connectivity index (χ2n) is 4.46. The maximum absolute atomic E-state index is 11.9. The fourth-order valence-corrected chi connectivity index (χ4v) is 2.42. The molecule has 0 aromatic carbocycles. The highest BCUT2D eigenvalue weighted by Crippen LogP contribution is 2.24. The SMILES string of the molecule is CCCC(O)CNC(=O)c1sc(N(C)C)nc1C. The van der Waals surface area contributed by atoms with Crippen molar-refractivity contribution in [3.05, 3.63) is 10.6 Å². The van der Waals surface area contributed by atoms with Crippen LogP contribution in [0.3, 0.4) is 0 Å². The van der Waals surface area contributed by atoms with Gasteiger partial charge < -0.3 is 15.3 Å². The first-order valence-corrected chi connectivity index (χ1v) is 6.88. The largest absolute Gasteiger partial charge is 0.391 e. The molecule has 0 spiro atoms. The monoisotopic (exact) mass is 271 g/mol. The number of aliphatic hydroxyl groups excluding tert-OH is 1. The van der Waals surface area contributed by atoms with E-state index in [9.17, 15) is 9.90 Å². The number of nitrogens with one attached hydrogen (secondary N) is 1. The molecule has 1 rings (SSSR count). The fraction of sp³-hybridized carbons (Fsp3) is 0.667. The Morgan fingerprint density at radius 3 is 2.72 bits per heavy atom. The van der Waals surface area contributed by atoms with Gasteiger partial charge in [0.1, 0.15) is 4.88 Å². The molecule has 102 valence electrons. The molecule has 0 saturated heterocycles. The lowest BCUT2D eigenvalue weighted by molar-refractivity contribution is 0.0913. The molecule has 0 aliphatic carbocycles. The van der Waals surface area contributed by atoms with Crippen LogP contribution in [0.4, 0.5) is 5.13 Å². The first-order valence-electron chi connectivity index (χ1n) is 6.06. The van der Waals surface area contributed by atoms with Crippen molar-refractivity contribution in [2.24, 2.45) is 0 Å². The number of thiazole rings is 1. The van der Waals surface area contributed by atoms with Crippen molar-refractivity contribution in [3.8, 4) is 0 Å². The number of anilines is 1. The summed E-state index contributed by atoms with van der Waals surface area (Å²) >= 11 is 1.36. The van der Waals surface area contributed by atoms with Gasteiger partial charge in [0.15, 0.2) is 5.13 Å². The van der Waals surface area contributed by atoms with Gasteiger partial charge in [-0.2, -0.15) is 0 Å². The summed E-state index contributed by atoms with van der Waals surface area (Å²) in [4.78, 5) is 18.7. The Morgan fingerprint density at radius 2 is 2.22 bits per heavy atom. The summed E-state index contributed by atoms with van der Waals surface area (Å²) in [5, 5.41) is 13.1. The lowest BCUT2D eigenvalue weighted by Gasteiger charge is -2.10. The molecule has 0 radical (unpaired) electrons. The normalized spacial score (nSPS) is 12.3. The minimum atomic E-state index is -0.472. The third-order valence-electron chi connectivity index (χ3n) is 2.49. The maximum atomic E-state index is 11.9. The van der Waals surface area contributed by atoms with Crippen molar-refractivity contribution in [3.63, 3.8) is 0 Å². The van der Waals surface area contributed by atoms with Gasteiger partial charge in [0.05, 0.1) is 11.8 Å². The number of nitrogens with zero attached hydrogens (tertiary/aromatic N) is 2. The molecule has 0 bridgehead atoms. The van der Waals surface area contributed by atoms with E-state index in [2.05, 4.69) is 10.3 Å². The molecule has 6 heteroatoms. The number of rotatable bonds is 6.